The number of nitrogens with one attached hydrogen (secondary N) is 1. The molecule has 6 nitrogen and oxygen atoms in total. The second kappa shape index (κ2) is 6.53. The van der Waals surface area contributed by atoms with E-state index < -0.39 is 0 Å². The summed E-state index contributed by atoms with van der Waals surface area (Å²) in [6, 6.07) is 5.32. The number of anilines is 1. The lowest BCUT2D eigenvalue weighted by Crippen LogP contribution is -2.13. The summed E-state index contributed by atoms with van der Waals surface area (Å²) in [7, 11) is 1.57. The SMILES string of the molecule is COc1cc(NC(=O)c2cn(CCN)cn2)ccc1Br. The van der Waals surface area contributed by atoms with E-state index in [1.54, 1.807) is 36.3 Å². The Labute approximate surface area is 125 Å². The number of aromatic nitrogens is 2. The smallest absolute Gasteiger partial charge is 0.275 e. The van der Waals surface area contributed by atoms with Crippen LogP contribution in [0.1, 0.15) is 10.5 Å². The normalized spacial score (nSPS) is 10.3. The quantitative estimate of drug-likeness (QED) is 0.871. The Kier molecular flexibility index (Phi) is 4.75. The van der Waals surface area contributed by atoms with E-state index in [0.29, 0.717) is 30.2 Å². The molecule has 0 aliphatic heterocycles. The van der Waals surface area contributed by atoms with E-state index in [1.165, 1.54) is 0 Å². The Balaban J connectivity index is 2.10. The first-order valence-corrected chi connectivity index (χ1v) is 6.80. The van der Waals surface area contributed by atoms with Crippen LogP contribution in [0.15, 0.2) is 35.2 Å². The molecule has 0 saturated carbocycles. The first-order valence-electron chi connectivity index (χ1n) is 6.00. The predicted molar refractivity (Wildman–Crippen MR) is 79.9 cm³/mol. The van der Waals surface area contributed by atoms with Crippen molar-refractivity contribution >= 4 is 27.5 Å². The average Bonchev–Trinajstić information content (AvgIpc) is 2.90. The third kappa shape index (κ3) is 3.37. The summed E-state index contributed by atoms with van der Waals surface area (Å²) in [5, 5.41) is 2.77. The van der Waals surface area contributed by atoms with Crippen molar-refractivity contribution in [2.75, 3.05) is 19.0 Å². The maximum absolute atomic E-state index is 12.0. The molecule has 0 aliphatic carbocycles. The van der Waals surface area contributed by atoms with Crippen LogP contribution in [-0.4, -0.2) is 29.1 Å². The third-order valence-electron chi connectivity index (χ3n) is 2.66. The minimum absolute atomic E-state index is 0.273. The van der Waals surface area contributed by atoms with Crippen molar-refractivity contribution in [3.8, 4) is 5.75 Å². The molecule has 1 aromatic carbocycles. The van der Waals surface area contributed by atoms with Gasteiger partial charge < -0.3 is 20.4 Å². The highest BCUT2D eigenvalue weighted by Gasteiger charge is 2.10. The van der Waals surface area contributed by atoms with Crippen molar-refractivity contribution in [3.05, 3.63) is 40.9 Å². The number of imidazole rings is 1. The maximum atomic E-state index is 12.0. The minimum Gasteiger partial charge on any atom is -0.495 e. The van der Waals surface area contributed by atoms with Crippen LogP contribution in [0, 0.1) is 0 Å². The number of carbonyl (C=O) groups excluding carboxylic acids is 1. The molecular weight excluding hydrogens is 324 g/mol. The largest absolute Gasteiger partial charge is 0.495 e. The van der Waals surface area contributed by atoms with Gasteiger partial charge in [-0.25, -0.2) is 4.98 Å². The highest BCUT2D eigenvalue weighted by Crippen LogP contribution is 2.27. The Morgan fingerprint density at radius 1 is 1.55 bits per heavy atom. The summed E-state index contributed by atoms with van der Waals surface area (Å²) in [6.45, 7) is 1.13. The molecule has 0 atom stereocenters. The molecule has 0 radical (unpaired) electrons. The second-order valence-electron chi connectivity index (χ2n) is 4.09. The molecular formula is C13H15BrN4O2. The van der Waals surface area contributed by atoms with E-state index in [4.69, 9.17) is 10.5 Å². The molecule has 3 N–H and O–H groups in total. The topological polar surface area (TPSA) is 82.2 Å². The van der Waals surface area contributed by atoms with Gasteiger partial charge in [-0.1, -0.05) is 0 Å². The summed E-state index contributed by atoms with van der Waals surface area (Å²) in [4.78, 5) is 16.1. The number of amides is 1. The lowest BCUT2D eigenvalue weighted by atomic mass is 10.3. The average molecular weight is 339 g/mol. The van der Waals surface area contributed by atoms with Crippen molar-refractivity contribution in [3.63, 3.8) is 0 Å². The molecule has 106 valence electrons. The third-order valence-corrected chi connectivity index (χ3v) is 3.32. The van der Waals surface area contributed by atoms with Gasteiger partial charge in [0, 0.05) is 31.0 Å². The fraction of sp³-hybridized carbons (Fsp3) is 0.231. The van der Waals surface area contributed by atoms with E-state index in [9.17, 15) is 4.79 Å². The van der Waals surface area contributed by atoms with Crippen molar-refractivity contribution in [1.29, 1.82) is 0 Å². The zero-order chi connectivity index (χ0) is 14.5. The zero-order valence-corrected chi connectivity index (χ0v) is 12.6. The number of benzene rings is 1. The van der Waals surface area contributed by atoms with Crippen molar-refractivity contribution in [1.82, 2.24) is 9.55 Å². The van der Waals surface area contributed by atoms with Gasteiger partial charge in [-0.2, -0.15) is 0 Å². The number of nitrogens with zero attached hydrogens (tertiary/aromatic N) is 2. The van der Waals surface area contributed by atoms with Crippen LogP contribution in [0.25, 0.3) is 0 Å². The molecule has 0 bridgehead atoms. The summed E-state index contributed by atoms with van der Waals surface area (Å²) in [5.41, 5.74) is 6.44. The van der Waals surface area contributed by atoms with Gasteiger partial charge in [0.05, 0.1) is 17.9 Å². The van der Waals surface area contributed by atoms with Crippen LogP contribution in [0.5, 0.6) is 5.75 Å². The van der Waals surface area contributed by atoms with Crippen molar-refractivity contribution in [2.45, 2.75) is 6.54 Å². The highest BCUT2D eigenvalue weighted by molar-refractivity contribution is 9.10. The fourth-order valence-corrected chi connectivity index (χ4v) is 2.09. The molecule has 0 unspecified atom stereocenters. The Hall–Kier alpha value is -1.86. The molecule has 0 aliphatic rings. The molecule has 0 saturated heterocycles. The van der Waals surface area contributed by atoms with Crippen LogP contribution >= 0.6 is 15.9 Å². The van der Waals surface area contributed by atoms with Gasteiger partial charge >= 0.3 is 0 Å². The molecule has 2 aromatic rings. The number of ether oxygens (including phenoxy) is 1. The molecule has 2 rings (SSSR count). The van der Waals surface area contributed by atoms with E-state index in [0.717, 1.165) is 4.47 Å². The van der Waals surface area contributed by atoms with Crippen LogP contribution in [0.4, 0.5) is 5.69 Å². The summed E-state index contributed by atoms with van der Waals surface area (Å²) in [6.07, 6.45) is 3.25. The Morgan fingerprint density at radius 2 is 2.35 bits per heavy atom. The van der Waals surface area contributed by atoms with E-state index in [1.807, 2.05) is 6.07 Å². The predicted octanol–water partition coefficient (Wildman–Crippen LogP) is 1.87. The highest BCUT2D eigenvalue weighted by atomic mass is 79.9. The van der Waals surface area contributed by atoms with E-state index in [2.05, 4.69) is 26.2 Å². The lowest BCUT2D eigenvalue weighted by molar-refractivity contribution is 0.102. The molecule has 1 amide bonds. The van der Waals surface area contributed by atoms with Gasteiger partial charge in [0.2, 0.25) is 0 Å². The van der Waals surface area contributed by atoms with Gasteiger partial charge in [0.1, 0.15) is 11.4 Å². The molecule has 20 heavy (non-hydrogen) atoms. The standard InChI is InChI=1S/C13H15BrN4O2/c1-20-12-6-9(2-3-10(12)14)17-13(19)11-7-18(5-4-15)8-16-11/h2-3,6-8H,4-5,15H2,1H3,(H,17,19). The summed E-state index contributed by atoms with van der Waals surface area (Å²) < 4.78 is 7.78. The molecule has 7 heteroatoms. The fourth-order valence-electron chi connectivity index (χ4n) is 1.68. The molecule has 0 fully saturated rings. The Bertz CT molecular complexity index is 612. The number of methoxy groups -OCH3 is 1. The molecule has 0 spiro atoms. The van der Waals surface area contributed by atoms with Gasteiger partial charge in [-0.15, -0.1) is 0 Å². The van der Waals surface area contributed by atoms with Gasteiger partial charge in [-0.3, -0.25) is 4.79 Å². The number of carbonyl (C=O) groups is 1. The maximum Gasteiger partial charge on any atom is 0.275 e. The number of hydrogen-bond donors (Lipinski definition) is 2. The van der Waals surface area contributed by atoms with Gasteiger partial charge in [0.25, 0.3) is 5.91 Å². The molecule has 1 heterocycles. The Morgan fingerprint density at radius 3 is 3.05 bits per heavy atom. The monoisotopic (exact) mass is 338 g/mol. The van der Waals surface area contributed by atoms with Crippen LogP contribution < -0.4 is 15.8 Å². The van der Waals surface area contributed by atoms with Crippen molar-refractivity contribution in [2.24, 2.45) is 5.73 Å². The number of halogens is 1. The van der Waals surface area contributed by atoms with Crippen LogP contribution in [0.2, 0.25) is 0 Å². The van der Waals surface area contributed by atoms with Crippen LogP contribution in [0.3, 0.4) is 0 Å². The molecule has 1 aromatic heterocycles. The number of hydrogen-bond acceptors (Lipinski definition) is 4. The zero-order valence-electron chi connectivity index (χ0n) is 11.0. The first kappa shape index (κ1) is 14.5. The summed E-state index contributed by atoms with van der Waals surface area (Å²) >= 11 is 3.36. The van der Waals surface area contributed by atoms with Gasteiger partial charge in [0.15, 0.2) is 0 Å². The second-order valence-corrected chi connectivity index (χ2v) is 4.94. The van der Waals surface area contributed by atoms with E-state index in [-0.39, 0.29) is 5.91 Å². The number of nitrogens with two attached hydrogens (primary N) is 1. The summed E-state index contributed by atoms with van der Waals surface area (Å²) in [5.74, 6) is 0.376. The first-order chi connectivity index (χ1) is 9.63. The number of rotatable bonds is 5. The van der Waals surface area contributed by atoms with Crippen LogP contribution in [-0.2, 0) is 6.54 Å². The van der Waals surface area contributed by atoms with E-state index >= 15 is 0 Å². The lowest BCUT2D eigenvalue weighted by Gasteiger charge is -2.07. The van der Waals surface area contributed by atoms with Gasteiger partial charge in [-0.05, 0) is 28.1 Å². The minimum atomic E-state index is -0.273. The van der Waals surface area contributed by atoms with Crippen molar-refractivity contribution < 1.29 is 9.53 Å².